The molecule has 110 valence electrons. The van der Waals surface area contributed by atoms with E-state index in [0.717, 1.165) is 17.6 Å². The summed E-state index contributed by atoms with van der Waals surface area (Å²) in [7, 11) is 0. The van der Waals surface area contributed by atoms with Crippen LogP contribution in [0.1, 0.15) is 13.8 Å². The molecule has 0 N–H and O–H groups in total. The van der Waals surface area contributed by atoms with Gasteiger partial charge >= 0.3 is 0 Å². The number of piperazine rings is 1. The lowest BCUT2D eigenvalue weighted by Gasteiger charge is -2.34. The van der Waals surface area contributed by atoms with Gasteiger partial charge in [-0.1, -0.05) is 0 Å². The first-order chi connectivity index (χ1) is 9.56. The van der Waals surface area contributed by atoms with Gasteiger partial charge in [0.1, 0.15) is 6.61 Å². The first kappa shape index (κ1) is 15.2. The van der Waals surface area contributed by atoms with E-state index >= 15 is 0 Å². The van der Waals surface area contributed by atoms with Crippen molar-refractivity contribution < 1.29 is 9.53 Å². The predicted molar refractivity (Wildman–Crippen MR) is 79.6 cm³/mol. The largest absolute Gasteiger partial charge is 0.369 e. The van der Waals surface area contributed by atoms with Gasteiger partial charge in [-0.2, -0.15) is 0 Å². The Hall–Kier alpha value is -1.21. The maximum Gasteiger partial charge on any atom is 0.248 e. The van der Waals surface area contributed by atoms with Gasteiger partial charge in [-0.15, -0.1) is 0 Å². The van der Waals surface area contributed by atoms with Crippen molar-refractivity contribution in [3.8, 4) is 0 Å². The quantitative estimate of drug-likeness (QED) is 0.825. The third-order valence-corrected chi connectivity index (χ3v) is 3.47. The number of rotatable bonds is 4. The van der Waals surface area contributed by atoms with Gasteiger partial charge in [-0.3, -0.25) is 4.79 Å². The van der Waals surface area contributed by atoms with Gasteiger partial charge in [0.05, 0.1) is 10.6 Å². The maximum atomic E-state index is 11.9. The van der Waals surface area contributed by atoms with Gasteiger partial charge in [0.25, 0.3) is 0 Å². The normalized spacial score (nSPS) is 15.8. The second-order valence-electron chi connectivity index (χ2n) is 4.93. The molecule has 7 heteroatoms. The molecule has 0 atom stereocenters. The molecule has 1 aromatic heterocycles. The molecule has 1 amide bonds. The van der Waals surface area contributed by atoms with E-state index in [1.54, 1.807) is 12.4 Å². The summed E-state index contributed by atoms with van der Waals surface area (Å²) in [6.45, 7) is 6.86. The van der Waals surface area contributed by atoms with Crippen LogP contribution < -0.4 is 4.90 Å². The highest BCUT2D eigenvalue weighted by Crippen LogP contribution is 2.13. The topological polar surface area (TPSA) is 58.6 Å². The van der Waals surface area contributed by atoms with Crippen LogP contribution in [0.2, 0.25) is 0 Å². The van der Waals surface area contributed by atoms with Crippen molar-refractivity contribution in [1.29, 1.82) is 0 Å². The third kappa shape index (κ3) is 4.14. The Balaban J connectivity index is 1.83. The first-order valence-electron chi connectivity index (χ1n) is 6.68. The lowest BCUT2D eigenvalue weighted by atomic mass is 10.3. The number of anilines is 1. The van der Waals surface area contributed by atoms with Crippen LogP contribution in [-0.4, -0.2) is 59.7 Å². The highest BCUT2D eigenvalue weighted by atomic mass is 79.9. The van der Waals surface area contributed by atoms with E-state index in [1.807, 2.05) is 18.7 Å². The number of hydrogen-bond acceptors (Lipinski definition) is 5. The summed E-state index contributed by atoms with van der Waals surface area (Å²) in [5, 5.41) is 0. The molecule has 0 saturated carbocycles. The van der Waals surface area contributed by atoms with E-state index in [0.29, 0.717) is 19.0 Å². The van der Waals surface area contributed by atoms with Crippen LogP contribution in [-0.2, 0) is 9.53 Å². The number of hydrogen-bond donors (Lipinski definition) is 0. The summed E-state index contributed by atoms with van der Waals surface area (Å²) in [5.41, 5.74) is 0. The van der Waals surface area contributed by atoms with Crippen molar-refractivity contribution in [3.63, 3.8) is 0 Å². The van der Waals surface area contributed by atoms with E-state index < -0.39 is 0 Å². The van der Waals surface area contributed by atoms with E-state index in [2.05, 4.69) is 30.8 Å². The van der Waals surface area contributed by atoms with Crippen LogP contribution in [0.25, 0.3) is 0 Å². The molecule has 1 aliphatic heterocycles. The molecule has 1 aliphatic rings. The molecule has 0 unspecified atom stereocenters. The molecule has 0 aliphatic carbocycles. The molecule has 20 heavy (non-hydrogen) atoms. The van der Waals surface area contributed by atoms with Gasteiger partial charge in [0.15, 0.2) is 0 Å². The highest BCUT2D eigenvalue weighted by Gasteiger charge is 2.22. The molecule has 2 heterocycles. The van der Waals surface area contributed by atoms with Crippen molar-refractivity contribution in [3.05, 3.63) is 16.9 Å². The maximum absolute atomic E-state index is 11.9. The average molecular weight is 343 g/mol. The van der Waals surface area contributed by atoms with Crippen molar-refractivity contribution in [2.45, 2.75) is 20.0 Å². The fraction of sp³-hybridized carbons (Fsp3) is 0.615. The zero-order valence-corrected chi connectivity index (χ0v) is 13.3. The Morgan fingerprint density at radius 3 is 2.45 bits per heavy atom. The Kier molecular flexibility index (Phi) is 5.31. The summed E-state index contributed by atoms with van der Waals surface area (Å²) in [5.74, 6) is 0.758. The van der Waals surface area contributed by atoms with Crippen LogP contribution >= 0.6 is 15.9 Å². The number of ether oxygens (including phenoxy) is 1. The number of amides is 1. The van der Waals surface area contributed by atoms with Crippen molar-refractivity contribution in [1.82, 2.24) is 14.9 Å². The number of aromatic nitrogens is 2. The summed E-state index contributed by atoms with van der Waals surface area (Å²) < 4.78 is 6.21. The van der Waals surface area contributed by atoms with E-state index in [-0.39, 0.29) is 18.6 Å². The molecule has 0 spiro atoms. The van der Waals surface area contributed by atoms with E-state index in [1.165, 1.54) is 0 Å². The molecule has 1 fully saturated rings. The Bertz CT molecular complexity index is 444. The average Bonchev–Trinajstić information content (AvgIpc) is 2.46. The Morgan fingerprint density at radius 2 is 1.90 bits per heavy atom. The molecule has 1 aromatic rings. The fourth-order valence-electron chi connectivity index (χ4n) is 1.95. The van der Waals surface area contributed by atoms with Crippen molar-refractivity contribution in [2.24, 2.45) is 0 Å². The Morgan fingerprint density at radius 1 is 1.30 bits per heavy atom. The van der Waals surface area contributed by atoms with E-state index in [4.69, 9.17) is 4.74 Å². The van der Waals surface area contributed by atoms with Crippen molar-refractivity contribution in [2.75, 3.05) is 37.7 Å². The number of nitrogens with zero attached hydrogens (tertiary/aromatic N) is 4. The third-order valence-electron chi connectivity index (χ3n) is 3.06. The monoisotopic (exact) mass is 342 g/mol. The van der Waals surface area contributed by atoms with Gasteiger partial charge < -0.3 is 14.5 Å². The molecule has 0 aromatic carbocycles. The van der Waals surface area contributed by atoms with Crippen LogP contribution in [0.4, 0.5) is 5.95 Å². The minimum atomic E-state index is 0.0510. The minimum absolute atomic E-state index is 0.0510. The summed E-state index contributed by atoms with van der Waals surface area (Å²) in [6.07, 6.45) is 3.54. The minimum Gasteiger partial charge on any atom is -0.369 e. The predicted octanol–water partition coefficient (Wildman–Crippen LogP) is 1.31. The van der Waals surface area contributed by atoms with Crippen molar-refractivity contribution >= 4 is 27.8 Å². The molecule has 2 rings (SSSR count). The molecule has 1 saturated heterocycles. The summed E-state index contributed by atoms with van der Waals surface area (Å²) in [4.78, 5) is 24.4. The number of carbonyl (C=O) groups excluding carboxylic acids is 1. The summed E-state index contributed by atoms with van der Waals surface area (Å²) in [6, 6.07) is 0. The second-order valence-corrected chi connectivity index (χ2v) is 5.84. The van der Waals surface area contributed by atoms with Crippen LogP contribution in [0.3, 0.4) is 0 Å². The standard InChI is InChI=1S/C13H19BrN4O2/c1-10(2)20-9-12(19)17-3-5-18(6-4-17)13-15-7-11(14)8-16-13/h7-8,10H,3-6,9H2,1-2H3. The molecule has 0 bridgehead atoms. The van der Waals surface area contributed by atoms with E-state index in [9.17, 15) is 4.79 Å². The van der Waals surface area contributed by atoms with Gasteiger partial charge in [-0.25, -0.2) is 9.97 Å². The molecular formula is C13H19BrN4O2. The van der Waals surface area contributed by atoms with Crippen LogP contribution in [0, 0.1) is 0 Å². The zero-order valence-electron chi connectivity index (χ0n) is 11.8. The smallest absolute Gasteiger partial charge is 0.248 e. The molecular weight excluding hydrogens is 324 g/mol. The van der Waals surface area contributed by atoms with Gasteiger partial charge in [0, 0.05) is 38.6 Å². The summed E-state index contributed by atoms with van der Waals surface area (Å²) >= 11 is 3.32. The Labute approximate surface area is 127 Å². The van der Waals surface area contributed by atoms with Gasteiger partial charge in [0.2, 0.25) is 11.9 Å². The van der Waals surface area contributed by atoms with Gasteiger partial charge in [-0.05, 0) is 29.8 Å². The molecule has 6 nitrogen and oxygen atoms in total. The van der Waals surface area contributed by atoms with Crippen LogP contribution in [0.5, 0.6) is 0 Å². The SMILES string of the molecule is CC(C)OCC(=O)N1CCN(c2ncc(Br)cn2)CC1. The van der Waals surface area contributed by atoms with Crippen LogP contribution in [0.15, 0.2) is 16.9 Å². The lowest BCUT2D eigenvalue weighted by molar-refractivity contribution is -0.137. The first-order valence-corrected chi connectivity index (χ1v) is 7.47. The molecule has 0 radical (unpaired) electrons. The lowest BCUT2D eigenvalue weighted by Crippen LogP contribution is -2.50. The number of carbonyl (C=O) groups is 1. The zero-order chi connectivity index (χ0) is 14.5. The second kappa shape index (κ2) is 6.99. The number of halogens is 1. The highest BCUT2D eigenvalue weighted by molar-refractivity contribution is 9.10. The fourth-order valence-corrected chi connectivity index (χ4v) is 2.16.